The van der Waals surface area contributed by atoms with Crippen molar-refractivity contribution >= 4 is 80.2 Å². The van der Waals surface area contributed by atoms with Crippen molar-refractivity contribution in [3.05, 3.63) is 139 Å². The molecule has 2 aromatic heterocycles. The summed E-state index contributed by atoms with van der Waals surface area (Å²) in [5, 5.41) is 5.48. The topological polar surface area (TPSA) is 171 Å². The molecule has 0 radical (unpaired) electrons. The van der Waals surface area contributed by atoms with Gasteiger partial charge in [0.1, 0.15) is 44.4 Å². The number of carbonyl (C=O) groups is 4. The standard InChI is InChI=1S/C38H34N6O9S4/c45-31(25-11-13-29(35(49)41-15-17-56-37(41)54)43(33(25)47)52-19-23-7-3-1-4-8-23)39-27-21-51-22-28(27)40-32(46)26-12-14-30(36(50)42-16-18-57-38(42)55)44(34(26)48)53-20-24-9-5-2-6-10-24/h1-14,27-28H,15-22H2,(H,39,45)(H,40,46)/t27-,28+. The van der Waals surface area contributed by atoms with Gasteiger partial charge in [0, 0.05) is 24.6 Å². The van der Waals surface area contributed by atoms with Gasteiger partial charge < -0.3 is 25.0 Å². The van der Waals surface area contributed by atoms with Crippen molar-refractivity contribution in [2.45, 2.75) is 25.3 Å². The number of nitrogens with zero attached hydrogens (tertiary/aromatic N) is 4. The van der Waals surface area contributed by atoms with Crippen LogP contribution in [0.15, 0.2) is 94.5 Å². The van der Waals surface area contributed by atoms with E-state index in [1.807, 2.05) is 12.1 Å². The summed E-state index contributed by atoms with van der Waals surface area (Å²) < 4.78 is 7.93. The number of ether oxygens (including phenoxy) is 1. The van der Waals surface area contributed by atoms with Gasteiger partial charge in [-0.3, -0.25) is 38.6 Å². The van der Waals surface area contributed by atoms with Crippen LogP contribution in [0.1, 0.15) is 52.8 Å². The third kappa shape index (κ3) is 8.81. The van der Waals surface area contributed by atoms with Gasteiger partial charge >= 0.3 is 0 Å². The van der Waals surface area contributed by atoms with Crippen molar-refractivity contribution in [2.75, 3.05) is 37.8 Å². The monoisotopic (exact) mass is 846 g/mol. The maximum absolute atomic E-state index is 13.8. The van der Waals surface area contributed by atoms with E-state index in [-0.39, 0.29) is 48.9 Å². The number of hydrogen-bond acceptors (Lipinski definition) is 13. The van der Waals surface area contributed by atoms with E-state index in [9.17, 15) is 28.8 Å². The van der Waals surface area contributed by atoms with Gasteiger partial charge in [0.25, 0.3) is 34.7 Å². The van der Waals surface area contributed by atoms with E-state index in [0.717, 1.165) is 20.6 Å². The van der Waals surface area contributed by atoms with Crippen LogP contribution in [0.2, 0.25) is 0 Å². The third-order valence-corrected chi connectivity index (χ3v) is 12.0. The third-order valence-electron chi connectivity index (χ3n) is 9.14. The highest BCUT2D eigenvalue weighted by Crippen LogP contribution is 2.22. The molecule has 2 aromatic carbocycles. The summed E-state index contributed by atoms with van der Waals surface area (Å²) in [6.07, 6.45) is 0. The first-order chi connectivity index (χ1) is 27.6. The Balaban J connectivity index is 1.10. The molecule has 2 N–H and O–H groups in total. The predicted octanol–water partition coefficient (Wildman–Crippen LogP) is 2.14. The van der Waals surface area contributed by atoms with E-state index in [4.69, 9.17) is 38.8 Å². The van der Waals surface area contributed by atoms with Gasteiger partial charge in [-0.25, -0.2) is 0 Å². The fourth-order valence-electron chi connectivity index (χ4n) is 6.15. The van der Waals surface area contributed by atoms with E-state index in [0.29, 0.717) is 33.2 Å². The Bertz CT molecular complexity index is 2200. The van der Waals surface area contributed by atoms with Crippen LogP contribution in [0.3, 0.4) is 0 Å². The SMILES string of the molecule is O=C(N[C@H]1COC[C@H]1NC(=O)c1ccc(C(=O)N2CCSC2=S)n(OCc2ccccc2)c1=O)c1ccc(C(=O)N2CCSC2=S)n(OCc2ccccc2)c1=O. The van der Waals surface area contributed by atoms with E-state index < -0.39 is 46.8 Å². The molecule has 0 bridgehead atoms. The van der Waals surface area contributed by atoms with Crippen molar-refractivity contribution in [3.63, 3.8) is 0 Å². The van der Waals surface area contributed by atoms with Crippen LogP contribution in [0.4, 0.5) is 0 Å². The van der Waals surface area contributed by atoms with Gasteiger partial charge in [0.05, 0.1) is 25.3 Å². The lowest BCUT2D eigenvalue weighted by Crippen LogP contribution is -2.52. The maximum atomic E-state index is 13.8. The second-order valence-electron chi connectivity index (χ2n) is 12.8. The Kier molecular flexibility index (Phi) is 12.5. The number of thiocarbonyl (C=S) groups is 2. The molecule has 4 amide bonds. The van der Waals surface area contributed by atoms with Crippen LogP contribution < -0.4 is 31.4 Å². The van der Waals surface area contributed by atoms with Crippen LogP contribution in [-0.2, 0) is 18.0 Å². The van der Waals surface area contributed by atoms with Crippen molar-refractivity contribution < 1.29 is 33.6 Å². The second kappa shape index (κ2) is 17.9. The van der Waals surface area contributed by atoms with Crippen molar-refractivity contribution in [1.29, 1.82) is 0 Å². The minimum atomic E-state index is -0.884. The number of rotatable bonds is 12. The lowest BCUT2D eigenvalue weighted by atomic mass is 10.1. The molecule has 0 aliphatic carbocycles. The number of thioether (sulfide) groups is 2. The Morgan fingerprint density at radius 3 is 1.40 bits per heavy atom. The first kappa shape index (κ1) is 39.9. The first-order valence-electron chi connectivity index (χ1n) is 17.6. The van der Waals surface area contributed by atoms with Gasteiger partial charge in [-0.2, -0.15) is 0 Å². The summed E-state index contributed by atoms with van der Waals surface area (Å²) in [6.45, 7) is 0.512. The zero-order chi connectivity index (χ0) is 40.1. The van der Waals surface area contributed by atoms with Crippen molar-refractivity contribution in [1.82, 2.24) is 29.9 Å². The largest absolute Gasteiger partial charge is 0.405 e. The van der Waals surface area contributed by atoms with Gasteiger partial charge in [0.15, 0.2) is 0 Å². The molecule has 3 saturated heterocycles. The lowest BCUT2D eigenvalue weighted by Gasteiger charge is -2.22. The van der Waals surface area contributed by atoms with Crippen LogP contribution in [0.5, 0.6) is 0 Å². The van der Waals surface area contributed by atoms with Gasteiger partial charge in [-0.05, 0) is 35.4 Å². The van der Waals surface area contributed by atoms with Gasteiger partial charge in [-0.1, -0.05) is 109 Å². The number of amides is 4. The number of benzene rings is 2. The fourth-order valence-corrected chi connectivity index (χ4v) is 8.55. The zero-order valence-electron chi connectivity index (χ0n) is 30.0. The Hall–Kier alpha value is -5.34. The van der Waals surface area contributed by atoms with E-state index in [1.54, 1.807) is 48.5 Å². The van der Waals surface area contributed by atoms with Crippen LogP contribution >= 0.6 is 48.0 Å². The summed E-state index contributed by atoms with van der Waals surface area (Å²) in [4.78, 5) is 96.5. The van der Waals surface area contributed by atoms with Gasteiger partial charge in [-0.15, -0.1) is 9.46 Å². The average molecular weight is 847 g/mol. The summed E-state index contributed by atoms with van der Waals surface area (Å²) in [7, 11) is 0. The smallest absolute Gasteiger partial charge is 0.296 e. The molecule has 3 fully saturated rings. The maximum Gasteiger partial charge on any atom is 0.296 e. The molecule has 5 heterocycles. The van der Waals surface area contributed by atoms with Crippen LogP contribution in [0.25, 0.3) is 0 Å². The summed E-state index contributed by atoms with van der Waals surface area (Å²) >= 11 is 13.3. The molecule has 2 atom stereocenters. The van der Waals surface area contributed by atoms with E-state index in [2.05, 4.69) is 10.6 Å². The van der Waals surface area contributed by atoms with Crippen LogP contribution in [-0.4, -0.2) is 101 Å². The predicted molar refractivity (Wildman–Crippen MR) is 220 cm³/mol. The highest BCUT2D eigenvalue weighted by atomic mass is 32.2. The Morgan fingerprint density at radius 2 is 1.04 bits per heavy atom. The van der Waals surface area contributed by atoms with Crippen molar-refractivity contribution in [2.24, 2.45) is 0 Å². The number of aromatic nitrogens is 2. The molecular weight excluding hydrogens is 813 g/mol. The fraction of sp³-hybridized carbons (Fsp3) is 0.263. The summed E-state index contributed by atoms with van der Waals surface area (Å²) in [6, 6.07) is 21.5. The molecule has 19 heteroatoms. The minimum absolute atomic E-state index is 0.0262. The quantitative estimate of drug-likeness (QED) is 0.199. The Labute approximate surface area is 344 Å². The van der Waals surface area contributed by atoms with Crippen molar-refractivity contribution in [3.8, 4) is 0 Å². The second-order valence-corrected chi connectivity index (χ2v) is 16.3. The lowest BCUT2D eigenvalue weighted by molar-refractivity contribution is 0.0640. The minimum Gasteiger partial charge on any atom is -0.405 e. The van der Waals surface area contributed by atoms with Crippen LogP contribution in [0, 0.1) is 0 Å². The zero-order valence-corrected chi connectivity index (χ0v) is 33.3. The number of hydrogen-bond donors (Lipinski definition) is 2. The molecule has 4 aromatic rings. The van der Waals surface area contributed by atoms with E-state index >= 15 is 0 Å². The first-order valence-corrected chi connectivity index (χ1v) is 20.4. The molecule has 57 heavy (non-hydrogen) atoms. The van der Waals surface area contributed by atoms with Gasteiger partial charge in [0.2, 0.25) is 0 Å². The number of carbonyl (C=O) groups excluding carboxylic acids is 4. The highest BCUT2D eigenvalue weighted by Gasteiger charge is 2.35. The Morgan fingerprint density at radius 1 is 0.632 bits per heavy atom. The molecule has 294 valence electrons. The average Bonchev–Trinajstić information content (AvgIpc) is 3.98. The molecular formula is C38H34N6O9S4. The molecule has 0 spiro atoms. The number of nitrogens with one attached hydrogen (secondary N) is 2. The number of pyridine rings is 2. The molecule has 3 aliphatic heterocycles. The molecule has 3 aliphatic rings. The summed E-state index contributed by atoms with van der Waals surface area (Å²) in [5.74, 6) is -1.50. The van der Waals surface area contributed by atoms with E-state index in [1.165, 1.54) is 57.6 Å². The molecule has 7 rings (SSSR count). The summed E-state index contributed by atoms with van der Waals surface area (Å²) in [5.41, 5.74) is -1.21. The molecule has 0 unspecified atom stereocenters. The molecule has 15 nitrogen and oxygen atoms in total. The molecule has 0 saturated carbocycles. The highest BCUT2D eigenvalue weighted by molar-refractivity contribution is 8.23. The normalized spacial score (nSPS) is 17.8.